The molecule has 1 heterocycles. The number of furan rings is 1. The molecule has 0 aliphatic rings. The van der Waals surface area contributed by atoms with Crippen LogP contribution in [-0.2, 0) is 0 Å². The van der Waals surface area contributed by atoms with Crippen LogP contribution in [0, 0.1) is 13.8 Å². The van der Waals surface area contributed by atoms with Crippen molar-refractivity contribution in [3.05, 3.63) is 53.0 Å². The van der Waals surface area contributed by atoms with Gasteiger partial charge in [-0.05, 0) is 56.7 Å². The SMILES string of the molecule is CNc1ccc(C(=O)NC(C)c2ccc(C)o2)c(C)c1. The van der Waals surface area contributed by atoms with Gasteiger partial charge in [0.05, 0.1) is 6.04 Å². The minimum Gasteiger partial charge on any atom is -0.464 e. The molecule has 20 heavy (non-hydrogen) atoms. The first kappa shape index (κ1) is 14.2. The van der Waals surface area contributed by atoms with E-state index in [9.17, 15) is 4.79 Å². The topological polar surface area (TPSA) is 54.3 Å². The molecular formula is C16H20N2O2. The van der Waals surface area contributed by atoms with Crippen molar-refractivity contribution in [3.63, 3.8) is 0 Å². The third-order valence-electron chi connectivity index (χ3n) is 3.30. The van der Waals surface area contributed by atoms with Gasteiger partial charge in [-0.2, -0.15) is 0 Å². The van der Waals surface area contributed by atoms with Gasteiger partial charge in [-0.3, -0.25) is 4.79 Å². The highest BCUT2D eigenvalue weighted by atomic mass is 16.3. The van der Waals surface area contributed by atoms with Gasteiger partial charge in [0.25, 0.3) is 5.91 Å². The predicted molar refractivity (Wildman–Crippen MR) is 80.1 cm³/mol. The lowest BCUT2D eigenvalue weighted by atomic mass is 10.1. The first-order valence-electron chi connectivity index (χ1n) is 6.67. The molecule has 0 spiro atoms. The van der Waals surface area contributed by atoms with Crippen molar-refractivity contribution in [2.75, 3.05) is 12.4 Å². The number of aryl methyl sites for hydroxylation is 2. The Bertz CT molecular complexity index is 617. The van der Waals surface area contributed by atoms with Crippen LogP contribution in [0.3, 0.4) is 0 Å². The summed E-state index contributed by atoms with van der Waals surface area (Å²) in [5, 5.41) is 6.01. The smallest absolute Gasteiger partial charge is 0.252 e. The maximum Gasteiger partial charge on any atom is 0.252 e. The molecule has 0 saturated carbocycles. The highest BCUT2D eigenvalue weighted by Gasteiger charge is 2.15. The average molecular weight is 272 g/mol. The molecule has 0 aliphatic carbocycles. The van der Waals surface area contributed by atoms with Crippen molar-refractivity contribution in [1.29, 1.82) is 0 Å². The standard InChI is InChI=1S/C16H20N2O2/c1-10-9-13(17-4)6-7-14(10)16(19)18-12(3)15-8-5-11(2)20-15/h5-9,12,17H,1-4H3,(H,18,19). The Labute approximate surface area is 119 Å². The van der Waals surface area contributed by atoms with E-state index in [0.29, 0.717) is 5.56 Å². The van der Waals surface area contributed by atoms with E-state index in [1.165, 1.54) is 0 Å². The Hall–Kier alpha value is -2.23. The molecule has 0 radical (unpaired) electrons. The fraction of sp³-hybridized carbons (Fsp3) is 0.312. The number of carbonyl (C=O) groups excluding carboxylic acids is 1. The maximum atomic E-state index is 12.3. The first-order chi connectivity index (χ1) is 9.51. The summed E-state index contributed by atoms with van der Waals surface area (Å²) in [7, 11) is 1.86. The zero-order valence-electron chi connectivity index (χ0n) is 12.3. The Morgan fingerprint density at radius 3 is 2.50 bits per heavy atom. The summed E-state index contributed by atoms with van der Waals surface area (Å²) in [5.41, 5.74) is 2.62. The van der Waals surface area contributed by atoms with Gasteiger partial charge in [0.2, 0.25) is 0 Å². The summed E-state index contributed by atoms with van der Waals surface area (Å²) >= 11 is 0. The second-order valence-electron chi connectivity index (χ2n) is 4.92. The van der Waals surface area contributed by atoms with Gasteiger partial charge in [-0.15, -0.1) is 0 Å². The van der Waals surface area contributed by atoms with Gasteiger partial charge in [0, 0.05) is 18.3 Å². The van der Waals surface area contributed by atoms with Gasteiger partial charge in [0.15, 0.2) is 0 Å². The van der Waals surface area contributed by atoms with E-state index in [2.05, 4.69) is 10.6 Å². The molecule has 106 valence electrons. The van der Waals surface area contributed by atoms with Crippen molar-refractivity contribution in [2.24, 2.45) is 0 Å². The molecule has 0 aliphatic heterocycles. The van der Waals surface area contributed by atoms with Crippen LogP contribution in [-0.4, -0.2) is 13.0 Å². The molecule has 0 fully saturated rings. The molecule has 0 saturated heterocycles. The van der Waals surface area contributed by atoms with Gasteiger partial charge < -0.3 is 15.1 Å². The number of carbonyl (C=O) groups is 1. The molecule has 1 aromatic heterocycles. The van der Waals surface area contributed by atoms with E-state index < -0.39 is 0 Å². The van der Waals surface area contributed by atoms with Gasteiger partial charge >= 0.3 is 0 Å². The zero-order valence-corrected chi connectivity index (χ0v) is 12.3. The van der Waals surface area contributed by atoms with Crippen molar-refractivity contribution in [3.8, 4) is 0 Å². The minimum atomic E-state index is -0.153. The number of amides is 1. The quantitative estimate of drug-likeness (QED) is 0.896. The van der Waals surface area contributed by atoms with Crippen LogP contribution in [0.2, 0.25) is 0 Å². The van der Waals surface area contributed by atoms with Crippen LogP contribution in [0.1, 0.15) is 40.4 Å². The minimum absolute atomic E-state index is 0.0910. The third kappa shape index (κ3) is 3.02. The predicted octanol–water partition coefficient (Wildman–Crippen LogP) is 3.43. The number of anilines is 1. The Balaban J connectivity index is 2.12. The molecule has 2 N–H and O–H groups in total. The van der Waals surface area contributed by atoms with E-state index in [0.717, 1.165) is 22.8 Å². The van der Waals surface area contributed by atoms with Crippen LogP contribution >= 0.6 is 0 Å². The van der Waals surface area contributed by atoms with E-state index in [1.807, 2.05) is 58.2 Å². The molecule has 1 unspecified atom stereocenters. The van der Waals surface area contributed by atoms with Crippen LogP contribution in [0.15, 0.2) is 34.7 Å². The van der Waals surface area contributed by atoms with Gasteiger partial charge in [0.1, 0.15) is 11.5 Å². The molecule has 1 aromatic carbocycles. The van der Waals surface area contributed by atoms with E-state index in [1.54, 1.807) is 0 Å². The molecule has 4 nitrogen and oxygen atoms in total. The largest absolute Gasteiger partial charge is 0.464 e. The number of rotatable bonds is 4. The summed E-state index contributed by atoms with van der Waals surface area (Å²) in [6.07, 6.45) is 0. The molecule has 4 heteroatoms. The van der Waals surface area contributed by atoms with E-state index >= 15 is 0 Å². The lowest BCUT2D eigenvalue weighted by molar-refractivity contribution is 0.0934. The maximum absolute atomic E-state index is 12.3. The molecular weight excluding hydrogens is 252 g/mol. The van der Waals surface area contributed by atoms with Crippen molar-refractivity contribution < 1.29 is 9.21 Å². The Morgan fingerprint density at radius 2 is 1.95 bits per heavy atom. The van der Waals surface area contributed by atoms with Gasteiger partial charge in [-0.1, -0.05) is 0 Å². The van der Waals surface area contributed by atoms with Crippen LogP contribution in [0.25, 0.3) is 0 Å². The number of benzene rings is 1. The number of nitrogens with one attached hydrogen (secondary N) is 2. The molecule has 0 bridgehead atoms. The zero-order chi connectivity index (χ0) is 14.7. The third-order valence-corrected chi connectivity index (χ3v) is 3.30. The Kier molecular flexibility index (Phi) is 4.13. The van der Waals surface area contributed by atoms with Crippen LogP contribution < -0.4 is 10.6 Å². The summed E-state index contributed by atoms with van der Waals surface area (Å²) in [6.45, 7) is 5.73. The molecule has 2 aromatic rings. The lowest BCUT2D eigenvalue weighted by Gasteiger charge is -2.13. The van der Waals surface area contributed by atoms with Crippen molar-refractivity contribution in [2.45, 2.75) is 26.8 Å². The Morgan fingerprint density at radius 1 is 1.20 bits per heavy atom. The van der Waals surface area contributed by atoms with Crippen molar-refractivity contribution in [1.82, 2.24) is 5.32 Å². The summed E-state index contributed by atoms with van der Waals surface area (Å²) in [4.78, 5) is 12.3. The highest BCUT2D eigenvalue weighted by Crippen LogP contribution is 2.18. The molecule has 1 atom stereocenters. The normalized spacial score (nSPS) is 12.0. The summed E-state index contributed by atoms with van der Waals surface area (Å²) < 4.78 is 5.52. The number of hydrogen-bond acceptors (Lipinski definition) is 3. The van der Waals surface area contributed by atoms with E-state index in [-0.39, 0.29) is 11.9 Å². The number of hydrogen-bond donors (Lipinski definition) is 2. The highest BCUT2D eigenvalue weighted by molar-refractivity contribution is 5.96. The molecule has 1 amide bonds. The fourth-order valence-corrected chi connectivity index (χ4v) is 2.11. The lowest BCUT2D eigenvalue weighted by Crippen LogP contribution is -2.27. The molecule has 2 rings (SSSR count). The van der Waals surface area contributed by atoms with E-state index in [4.69, 9.17) is 4.42 Å². The fourth-order valence-electron chi connectivity index (χ4n) is 2.11. The second kappa shape index (κ2) is 5.82. The monoisotopic (exact) mass is 272 g/mol. The second-order valence-corrected chi connectivity index (χ2v) is 4.92. The van der Waals surface area contributed by atoms with Crippen LogP contribution in [0.4, 0.5) is 5.69 Å². The first-order valence-corrected chi connectivity index (χ1v) is 6.67. The van der Waals surface area contributed by atoms with Gasteiger partial charge in [-0.25, -0.2) is 0 Å². The average Bonchev–Trinajstić information content (AvgIpc) is 2.85. The summed E-state index contributed by atoms with van der Waals surface area (Å²) in [5.74, 6) is 1.52. The van der Waals surface area contributed by atoms with Crippen molar-refractivity contribution >= 4 is 11.6 Å². The van der Waals surface area contributed by atoms with Crippen LogP contribution in [0.5, 0.6) is 0 Å². The summed E-state index contributed by atoms with van der Waals surface area (Å²) in [6, 6.07) is 9.30.